The van der Waals surface area contributed by atoms with Gasteiger partial charge in [-0.05, 0) is 18.1 Å². The largest absolute Gasteiger partial charge is 0.349 e. The molecule has 0 bridgehead atoms. The third kappa shape index (κ3) is 2.57. The van der Waals surface area contributed by atoms with E-state index in [9.17, 15) is 9.59 Å². The van der Waals surface area contributed by atoms with Gasteiger partial charge in [0.2, 0.25) is 5.56 Å². The fourth-order valence-corrected chi connectivity index (χ4v) is 2.23. The van der Waals surface area contributed by atoms with E-state index >= 15 is 0 Å². The summed E-state index contributed by atoms with van der Waals surface area (Å²) in [6.07, 6.45) is 2.41. The van der Waals surface area contributed by atoms with Crippen LogP contribution in [0.5, 0.6) is 0 Å². The van der Waals surface area contributed by atoms with E-state index < -0.39 is 0 Å². The summed E-state index contributed by atoms with van der Waals surface area (Å²) in [4.78, 5) is 25.4. The number of carbonyl (C=O) groups is 1. The lowest BCUT2D eigenvalue weighted by Crippen LogP contribution is -2.27. The Labute approximate surface area is 110 Å². The van der Waals surface area contributed by atoms with Crippen LogP contribution in [0.15, 0.2) is 53.5 Å². The third-order valence-corrected chi connectivity index (χ3v) is 3.38. The Kier molecular flexibility index (Phi) is 2.91. The quantitative estimate of drug-likeness (QED) is 0.875. The lowest BCUT2D eigenvalue weighted by atomic mass is 10.1. The van der Waals surface area contributed by atoms with E-state index in [0.717, 1.165) is 6.42 Å². The molecular weight excluding hydrogens is 240 g/mol. The Hall–Kier alpha value is -2.36. The molecule has 1 saturated carbocycles. The van der Waals surface area contributed by atoms with Gasteiger partial charge >= 0.3 is 0 Å². The topological polar surface area (TPSA) is 62.0 Å². The van der Waals surface area contributed by atoms with Crippen molar-refractivity contribution in [1.82, 2.24) is 10.3 Å². The second kappa shape index (κ2) is 4.72. The predicted molar refractivity (Wildman–Crippen MR) is 72.1 cm³/mol. The van der Waals surface area contributed by atoms with Crippen LogP contribution in [0.2, 0.25) is 0 Å². The van der Waals surface area contributed by atoms with Crippen molar-refractivity contribution in [2.24, 2.45) is 0 Å². The lowest BCUT2D eigenvalue weighted by molar-refractivity contribution is 0.0950. The van der Waals surface area contributed by atoms with Crippen LogP contribution in [0.1, 0.15) is 28.3 Å². The number of aromatic nitrogens is 1. The highest BCUT2D eigenvalue weighted by atomic mass is 16.2. The van der Waals surface area contributed by atoms with Crippen LogP contribution in [0, 0.1) is 0 Å². The second-order valence-electron chi connectivity index (χ2n) is 4.77. The van der Waals surface area contributed by atoms with Gasteiger partial charge in [-0.2, -0.15) is 0 Å². The summed E-state index contributed by atoms with van der Waals surface area (Å²) in [5.41, 5.74) is 1.54. The first-order valence-corrected chi connectivity index (χ1v) is 6.28. The van der Waals surface area contributed by atoms with Gasteiger partial charge in [0.05, 0.1) is 5.56 Å². The van der Waals surface area contributed by atoms with Crippen molar-refractivity contribution in [3.05, 3.63) is 70.1 Å². The average molecular weight is 254 g/mol. The molecule has 4 nitrogen and oxygen atoms in total. The minimum Gasteiger partial charge on any atom is -0.349 e. The smallest absolute Gasteiger partial charge is 0.252 e. The molecule has 0 saturated heterocycles. The summed E-state index contributed by atoms with van der Waals surface area (Å²) in [5, 5.41) is 2.98. The van der Waals surface area contributed by atoms with Crippen LogP contribution in [0.4, 0.5) is 0 Å². The van der Waals surface area contributed by atoms with Crippen molar-refractivity contribution in [2.45, 2.75) is 18.4 Å². The molecule has 1 aliphatic carbocycles. The monoisotopic (exact) mass is 254 g/mol. The standard InChI is InChI=1S/C15H14N2O2/c18-14-7-6-11(9-16-14)15(19)17-13-8-12(13)10-4-2-1-3-5-10/h1-7,9,12-13H,8H2,(H,16,18)(H,17,19). The van der Waals surface area contributed by atoms with Crippen molar-refractivity contribution >= 4 is 5.91 Å². The molecule has 0 aliphatic heterocycles. The second-order valence-corrected chi connectivity index (χ2v) is 4.77. The maximum absolute atomic E-state index is 12.0. The summed E-state index contributed by atoms with van der Waals surface area (Å²) in [6, 6.07) is 13.3. The van der Waals surface area contributed by atoms with Gasteiger partial charge in [0.15, 0.2) is 0 Å². The molecule has 19 heavy (non-hydrogen) atoms. The summed E-state index contributed by atoms with van der Waals surface area (Å²) in [6.45, 7) is 0. The molecule has 1 aliphatic rings. The number of amides is 1. The highest BCUT2D eigenvalue weighted by Gasteiger charge is 2.39. The van der Waals surface area contributed by atoms with E-state index in [1.54, 1.807) is 0 Å². The Morgan fingerprint density at radius 2 is 1.95 bits per heavy atom. The molecule has 96 valence electrons. The molecule has 4 heteroatoms. The molecule has 1 aromatic heterocycles. The van der Waals surface area contributed by atoms with Gasteiger partial charge in [-0.3, -0.25) is 9.59 Å². The zero-order valence-corrected chi connectivity index (χ0v) is 10.3. The summed E-state index contributed by atoms with van der Waals surface area (Å²) >= 11 is 0. The van der Waals surface area contributed by atoms with Gasteiger partial charge in [0.1, 0.15) is 0 Å². The molecule has 0 radical (unpaired) electrons. The van der Waals surface area contributed by atoms with Crippen LogP contribution in [-0.4, -0.2) is 16.9 Å². The number of carbonyl (C=O) groups excluding carboxylic acids is 1. The summed E-state index contributed by atoms with van der Waals surface area (Å²) in [5.74, 6) is 0.271. The molecule has 3 rings (SSSR count). The van der Waals surface area contributed by atoms with Gasteiger partial charge in [0, 0.05) is 24.2 Å². The van der Waals surface area contributed by atoms with E-state index in [0.29, 0.717) is 11.5 Å². The van der Waals surface area contributed by atoms with Gasteiger partial charge in [0.25, 0.3) is 5.91 Å². The Bertz CT molecular complexity index is 628. The minimum atomic E-state index is -0.204. The number of nitrogens with one attached hydrogen (secondary N) is 2. The number of hydrogen-bond donors (Lipinski definition) is 2. The van der Waals surface area contributed by atoms with Crippen LogP contribution in [-0.2, 0) is 0 Å². The molecule has 1 aromatic carbocycles. The molecule has 2 atom stereocenters. The third-order valence-electron chi connectivity index (χ3n) is 3.38. The van der Waals surface area contributed by atoms with Crippen molar-refractivity contribution in [2.75, 3.05) is 0 Å². The number of hydrogen-bond acceptors (Lipinski definition) is 2. The Morgan fingerprint density at radius 3 is 2.63 bits per heavy atom. The molecule has 1 fully saturated rings. The zero-order valence-electron chi connectivity index (χ0n) is 10.3. The number of aromatic amines is 1. The van der Waals surface area contributed by atoms with Gasteiger partial charge in [-0.1, -0.05) is 30.3 Å². The first-order chi connectivity index (χ1) is 9.24. The molecule has 1 heterocycles. The first-order valence-electron chi connectivity index (χ1n) is 6.28. The SMILES string of the molecule is O=C(NC1CC1c1ccccc1)c1ccc(=O)[nH]c1. The maximum atomic E-state index is 12.0. The van der Waals surface area contributed by atoms with Crippen LogP contribution >= 0.6 is 0 Å². The maximum Gasteiger partial charge on any atom is 0.252 e. The van der Waals surface area contributed by atoms with Crippen molar-refractivity contribution in [3.8, 4) is 0 Å². The van der Waals surface area contributed by atoms with E-state index in [1.165, 1.54) is 23.9 Å². The first kappa shape index (κ1) is 11.7. The van der Waals surface area contributed by atoms with E-state index in [-0.39, 0.29) is 17.5 Å². The van der Waals surface area contributed by atoms with Crippen molar-refractivity contribution < 1.29 is 4.79 Å². The zero-order chi connectivity index (χ0) is 13.2. The number of pyridine rings is 1. The number of benzene rings is 1. The van der Waals surface area contributed by atoms with Crippen molar-refractivity contribution in [1.29, 1.82) is 0 Å². The highest BCUT2D eigenvalue weighted by Crippen LogP contribution is 2.40. The molecular formula is C15H14N2O2. The molecule has 0 spiro atoms. The summed E-state index contributed by atoms with van der Waals surface area (Å²) < 4.78 is 0. The van der Waals surface area contributed by atoms with Crippen LogP contribution in [0.25, 0.3) is 0 Å². The van der Waals surface area contributed by atoms with Gasteiger partial charge in [-0.25, -0.2) is 0 Å². The van der Waals surface area contributed by atoms with Crippen LogP contribution in [0.3, 0.4) is 0 Å². The van der Waals surface area contributed by atoms with E-state index in [2.05, 4.69) is 22.4 Å². The Morgan fingerprint density at radius 1 is 1.16 bits per heavy atom. The summed E-state index contributed by atoms with van der Waals surface area (Å²) in [7, 11) is 0. The fourth-order valence-electron chi connectivity index (χ4n) is 2.23. The van der Waals surface area contributed by atoms with Gasteiger partial charge < -0.3 is 10.3 Å². The van der Waals surface area contributed by atoms with Crippen LogP contribution < -0.4 is 10.9 Å². The molecule has 1 amide bonds. The number of rotatable bonds is 3. The fraction of sp³-hybridized carbons (Fsp3) is 0.200. The molecule has 2 aromatic rings. The number of H-pyrrole nitrogens is 1. The highest BCUT2D eigenvalue weighted by molar-refractivity contribution is 5.94. The van der Waals surface area contributed by atoms with Crippen molar-refractivity contribution in [3.63, 3.8) is 0 Å². The van der Waals surface area contributed by atoms with Gasteiger partial charge in [-0.15, -0.1) is 0 Å². The normalized spacial score (nSPS) is 20.8. The average Bonchev–Trinajstić information content (AvgIpc) is 3.20. The molecule has 2 N–H and O–H groups in total. The Balaban J connectivity index is 1.63. The lowest BCUT2D eigenvalue weighted by Gasteiger charge is -2.04. The minimum absolute atomic E-state index is 0.139. The van der Waals surface area contributed by atoms with E-state index in [1.807, 2.05) is 18.2 Å². The van der Waals surface area contributed by atoms with E-state index in [4.69, 9.17) is 0 Å². The molecule has 2 unspecified atom stereocenters. The predicted octanol–water partition coefficient (Wildman–Crippen LogP) is 1.66.